The Bertz CT molecular complexity index is 251. The fourth-order valence-corrected chi connectivity index (χ4v) is 2.42. The molecule has 0 aliphatic carbocycles. The molecule has 1 rings (SSSR count). The van der Waals surface area contributed by atoms with Crippen molar-refractivity contribution in [2.24, 2.45) is 0 Å². The molecule has 0 radical (unpaired) electrons. The summed E-state index contributed by atoms with van der Waals surface area (Å²) >= 11 is 0. The quantitative estimate of drug-likeness (QED) is 0.801. The van der Waals surface area contributed by atoms with E-state index in [2.05, 4.69) is 37.9 Å². The third kappa shape index (κ3) is 4.66. The Hall–Kier alpha value is -0.570. The molecular formula is C14H28N2O. The van der Waals surface area contributed by atoms with Crippen LogP contribution < -0.4 is 5.32 Å². The second-order valence-corrected chi connectivity index (χ2v) is 5.81. The molecule has 3 heteroatoms. The van der Waals surface area contributed by atoms with Crippen molar-refractivity contribution in [1.29, 1.82) is 0 Å². The minimum atomic E-state index is -0.0748. The molecule has 0 saturated carbocycles. The number of nitrogens with one attached hydrogen (secondary N) is 1. The van der Waals surface area contributed by atoms with Crippen LogP contribution in [-0.4, -0.2) is 35.5 Å². The molecular weight excluding hydrogens is 212 g/mol. The van der Waals surface area contributed by atoms with Gasteiger partial charge < -0.3 is 5.32 Å². The monoisotopic (exact) mass is 240 g/mol. The second-order valence-electron chi connectivity index (χ2n) is 5.81. The van der Waals surface area contributed by atoms with E-state index in [0.29, 0.717) is 12.6 Å². The van der Waals surface area contributed by atoms with Crippen LogP contribution in [-0.2, 0) is 4.79 Å². The zero-order chi connectivity index (χ0) is 12.9. The van der Waals surface area contributed by atoms with Crippen molar-refractivity contribution in [3.63, 3.8) is 0 Å². The van der Waals surface area contributed by atoms with Crippen LogP contribution in [0.5, 0.6) is 0 Å². The number of nitrogens with zero attached hydrogens (tertiary/aromatic N) is 1. The molecule has 1 fully saturated rings. The number of carbonyl (C=O) groups is 1. The van der Waals surface area contributed by atoms with Gasteiger partial charge in [-0.2, -0.15) is 0 Å². The van der Waals surface area contributed by atoms with Gasteiger partial charge in [0, 0.05) is 11.6 Å². The van der Waals surface area contributed by atoms with Crippen molar-refractivity contribution in [3.05, 3.63) is 0 Å². The molecule has 1 atom stereocenters. The van der Waals surface area contributed by atoms with Gasteiger partial charge >= 0.3 is 0 Å². The summed E-state index contributed by atoms with van der Waals surface area (Å²) in [5.41, 5.74) is -0.0748. The van der Waals surface area contributed by atoms with Gasteiger partial charge in [0.2, 0.25) is 5.91 Å². The maximum atomic E-state index is 12.0. The molecule has 1 N–H and O–H groups in total. The largest absolute Gasteiger partial charge is 0.350 e. The van der Waals surface area contributed by atoms with Gasteiger partial charge in [-0.05, 0) is 46.1 Å². The molecule has 100 valence electrons. The number of amides is 1. The van der Waals surface area contributed by atoms with Crippen LogP contribution in [0.4, 0.5) is 0 Å². The number of carbonyl (C=O) groups excluding carboxylic acids is 1. The van der Waals surface area contributed by atoms with Gasteiger partial charge in [-0.15, -0.1) is 0 Å². The highest BCUT2D eigenvalue weighted by molar-refractivity contribution is 5.78. The smallest absolute Gasteiger partial charge is 0.234 e. The SMILES string of the molecule is CCC1CCCCN1CC(=O)NC(C)(C)CC. The average Bonchev–Trinajstić information content (AvgIpc) is 2.29. The predicted molar refractivity (Wildman–Crippen MR) is 72.0 cm³/mol. The molecule has 1 saturated heterocycles. The third-order valence-electron chi connectivity index (χ3n) is 3.93. The summed E-state index contributed by atoms with van der Waals surface area (Å²) in [4.78, 5) is 14.3. The lowest BCUT2D eigenvalue weighted by atomic mass is 9.99. The highest BCUT2D eigenvalue weighted by atomic mass is 16.2. The molecule has 3 nitrogen and oxygen atoms in total. The first kappa shape index (κ1) is 14.5. The van der Waals surface area contributed by atoms with E-state index in [4.69, 9.17) is 0 Å². The van der Waals surface area contributed by atoms with Crippen LogP contribution in [0.25, 0.3) is 0 Å². The molecule has 1 unspecified atom stereocenters. The van der Waals surface area contributed by atoms with Gasteiger partial charge in [0.1, 0.15) is 0 Å². The van der Waals surface area contributed by atoms with Crippen molar-refractivity contribution in [1.82, 2.24) is 10.2 Å². The molecule has 0 spiro atoms. The van der Waals surface area contributed by atoms with Crippen molar-refractivity contribution in [2.75, 3.05) is 13.1 Å². The van der Waals surface area contributed by atoms with Gasteiger partial charge in [0.25, 0.3) is 0 Å². The highest BCUT2D eigenvalue weighted by Crippen LogP contribution is 2.19. The highest BCUT2D eigenvalue weighted by Gasteiger charge is 2.24. The Morgan fingerprint density at radius 1 is 1.35 bits per heavy atom. The van der Waals surface area contributed by atoms with Gasteiger partial charge in [0.05, 0.1) is 6.54 Å². The van der Waals surface area contributed by atoms with Crippen molar-refractivity contribution < 1.29 is 4.79 Å². The Balaban J connectivity index is 2.44. The first-order chi connectivity index (χ1) is 7.98. The number of rotatable bonds is 5. The molecule has 0 aromatic carbocycles. The van der Waals surface area contributed by atoms with Gasteiger partial charge in [-0.1, -0.05) is 20.3 Å². The molecule has 1 heterocycles. The van der Waals surface area contributed by atoms with E-state index in [1.807, 2.05) is 0 Å². The molecule has 0 aromatic heterocycles. The maximum absolute atomic E-state index is 12.0. The Kier molecular flexibility index (Phi) is 5.44. The fraction of sp³-hybridized carbons (Fsp3) is 0.929. The molecule has 1 aliphatic heterocycles. The topological polar surface area (TPSA) is 32.3 Å². The summed E-state index contributed by atoms with van der Waals surface area (Å²) in [6.45, 7) is 10.1. The Morgan fingerprint density at radius 2 is 2.06 bits per heavy atom. The van der Waals surface area contributed by atoms with E-state index >= 15 is 0 Å². The number of piperidine rings is 1. The lowest BCUT2D eigenvalue weighted by Gasteiger charge is -2.35. The lowest BCUT2D eigenvalue weighted by Crippen LogP contribution is -2.50. The molecule has 0 aromatic rings. The summed E-state index contributed by atoms with van der Waals surface area (Å²) in [6.07, 6.45) is 5.93. The lowest BCUT2D eigenvalue weighted by molar-refractivity contribution is -0.124. The minimum Gasteiger partial charge on any atom is -0.350 e. The summed E-state index contributed by atoms with van der Waals surface area (Å²) < 4.78 is 0. The summed E-state index contributed by atoms with van der Waals surface area (Å²) in [6, 6.07) is 0.610. The number of hydrogen-bond acceptors (Lipinski definition) is 2. The minimum absolute atomic E-state index is 0.0748. The first-order valence-electron chi connectivity index (χ1n) is 7.03. The van der Waals surface area contributed by atoms with Gasteiger partial charge in [-0.25, -0.2) is 0 Å². The summed E-state index contributed by atoms with van der Waals surface area (Å²) in [5.74, 6) is 0.178. The van der Waals surface area contributed by atoms with E-state index in [0.717, 1.165) is 19.4 Å². The molecule has 1 aliphatic rings. The third-order valence-corrected chi connectivity index (χ3v) is 3.93. The van der Waals surface area contributed by atoms with Crippen LogP contribution in [0, 0.1) is 0 Å². The normalized spacial score (nSPS) is 22.5. The fourth-order valence-electron chi connectivity index (χ4n) is 2.42. The van der Waals surface area contributed by atoms with Gasteiger partial charge in [0.15, 0.2) is 0 Å². The van der Waals surface area contributed by atoms with E-state index < -0.39 is 0 Å². The van der Waals surface area contributed by atoms with E-state index in [-0.39, 0.29) is 11.4 Å². The summed E-state index contributed by atoms with van der Waals surface area (Å²) in [5, 5.41) is 3.12. The van der Waals surface area contributed by atoms with Crippen molar-refractivity contribution in [2.45, 2.75) is 71.4 Å². The zero-order valence-corrected chi connectivity index (χ0v) is 11.9. The van der Waals surface area contributed by atoms with E-state index in [9.17, 15) is 4.79 Å². The van der Waals surface area contributed by atoms with Crippen LogP contribution in [0.1, 0.15) is 59.8 Å². The van der Waals surface area contributed by atoms with Crippen molar-refractivity contribution in [3.8, 4) is 0 Å². The standard InChI is InChI=1S/C14H28N2O/c1-5-12-9-7-8-10-16(12)11-13(17)15-14(3,4)6-2/h12H,5-11H2,1-4H3,(H,15,17). The van der Waals surface area contributed by atoms with Crippen LogP contribution in [0.15, 0.2) is 0 Å². The summed E-state index contributed by atoms with van der Waals surface area (Å²) in [7, 11) is 0. The molecule has 1 amide bonds. The average molecular weight is 240 g/mol. The Morgan fingerprint density at radius 3 is 2.65 bits per heavy atom. The van der Waals surface area contributed by atoms with Crippen LogP contribution >= 0.6 is 0 Å². The molecule has 17 heavy (non-hydrogen) atoms. The van der Waals surface area contributed by atoms with Gasteiger partial charge in [-0.3, -0.25) is 9.69 Å². The van der Waals surface area contributed by atoms with Crippen LogP contribution in [0.3, 0.4) is 0 Å². The molecule has 0 bridgehead atoms. The number of likely N-dealkylation sites (tertiary alicyclic amines) is 1. The first-order valence-corrected chi connectivity index (χ1v) is 7.03. The Labute approximate surface area is 106 Å². The van der Waals surface area contributed by atoms with E-state index in [1.165, 1.54) is 19.3 Å². The number of hydrogen-bond donors (Lipinski definition) is 1. The predicted octanol–water partition coefficient (Wildman–Crippen LogP) is 2.56. The zero-order valence-electron chi connectivity index (χ0n) is 11.9. The second kappa shape index (κ2) is 6.39. The van der Waals surface area contributed by atoms with E-state index in [1.54, 1.807) is 0 Å². The van der Waals surface area contributed by atoms with Crippen molar-refractivity contribution >= 4 is 5.91 Å². The van der Waals surface area contributed by atoms with Crippen LogP contribution in [0.2, 0.25) is 0 Å². The maximum Gasteiger partial charge on any atom is 0.234 e.